The zero-order valence-corrected chi connectivity index (χ0v) is 13.8. The molecule has 0 unspecified atom stereocenters. The molecule has 0 aromatic heterocycles. The number of benzene rings is 2. The summed E-state index contributed by atoms with van der Waals surface area (Å²) in [7, 11) is 0. The molecule has 3 rings (SSSR count). The highest BCUT2D eigenvalue weighted by molar-refractivity contribution is 6.33. The first kappa shape index (κ1) is 16.3. The summed E-state index contributed by atoms with van der Waals surface area (Å²) < 4.78 is 0. The molecule has 124 valence electrons. The van der Waals surface area contributed by atoms with Crippen LogP contribution < -0.4 is 15.5 Å². The molecule has 0 radical (unpaired) electrons. The fourth-order valence-corrected chi connectivity index (χ4v) is 2.92. The van der Waals surface area contributed by atoms with Gasteiger partial charge in [-0.25, -0.2) is 4.79 Å². The molecule has 1 aliphatic heterocycles. The van der Waals surface area contributed by atoms with Gasteiger partial charge in [0.05, 0.1) is 10.7 Å². The molecule has 2 aromatic rings. The van der Waals surface area contributed by atoms with Crippen molar-refractivity contribution in [1.82, 2.24) is 5.32 Å². The van der Waals surface area contributed by atoms with E-state index in [1.165, 1.54) is 0 Å². The van der Waals surface area contributed by atoms with Crippen LogP contribution in [0.1, 0.15) is 6.42 Å². The summed E-state index contributed by atoms with van der Waals surface area (Å²) in [5.74, 6) is 0.175. The Morgan fingerprint density at radius 3 is 2.58 bits per heavy atom. The van der Waals surface area contributed by atoms with Gasteiger partial charge in [0.25, 0.3) is 0 Å². The normalized spacial score (nSPS) is 17.0. The van der Waals surface area contributed by atoms with Crippen LogP contribution in [-0.4, -0.2) is 25.0 Å². The van der Waals surface area contributed by atoms with E-state index in [1.807, 2.05) is 30.3 Å². The number of hydrogen-bond acceptors (Lipinski definition) is 2. The second-order valence-corrected chi connectivity index (χ2v) is 6.13. The maximum atomic E-state index is 12.1. The lowest BCUT2D eigenvalue weighted by Crippen LogP contribution is -2.34. The molecule has 24 heavy (non-hydrogen) atoms. The summed E-state index contributed by atoms with van der Waals surface area (Å²) in [6.07, 6.45) is 0.432. The highest BCUT2D eigenvalue weighted by atomic mass is 35.5. The van der Waals surface area contributed by atoms with E-state index in [0.717, 1.165) is 5.69 Å². The van der Waals surface area contributed by atoms with Gasteiger partial charge in [-0.1, -0.05) is 41.9 Å². The van der Waals surface area contributed by atoms with Crippen LogP contribution in [0.25, 0.3) is 0 Å². The van der Waals surface area contributed by atoms with Crippen molar-refractivity contribution in [3.8, 4) is 0 Å². The van der Waals surface area contributed by atoms with Gasteiger partial charge in [0, 0.05) is 31.1 Å². The van der Waals surface area contributed by atoms with Crippen LogP contribution in [0.5, 0.6) is 0 Å². The Morgan fingerprint density at radius 1 is 1.12 bits per heavy atom. The van der Waals surface area contributed by atoms with Gasteiger partial charge in [0.2, 0.25) is 5.91 Å². The Labute approximate surface area is 145 Å². The van der Waals surface area contributed by atoms with Crippen molar-refractivity contribution >= 4 is 34.9 Å². The summed E-state index contributed by atoms with van der Waals surface area (Å²) >= 11 is 6.01. The van der Waals surface area contributed by atoms with Crippen LogP contribution in [0.3, 0.4) is 0 Å². The SMILES string of the molecule is O=C(NC[C@H]1CC(=O)N(c2ccccc2)C1)Nc1ccccc1Cl. The molecule has 2 aromatic carbocycles. The van der Waals surface area contributed by atoms with Gasteiger partial charge < -0.3 is 15.5 Å². The second-order valence-electron chi connectivity index (χ2n) is 5.72. The Balaban J connectivity index is 1.52. The van der Waals surface area contributed by atoms with Crippen LogP contribution in [0.15, 0.2) is 54.6 Å². The first-order valence-corrected chi connectivity index (χ1v) is 8.16. The molecule has 0 bridgehead atoms. The Morgan fingerprint density at radius 2 is 1.83 bits per heavy atom. The summed E-state index contributed by atoms with van der Waals surface area (Å²) in [6, 6.07) is 16.3. The van der Waals surface area contributed by atoms with Crippen molar-refractivity contribution in [3.63, 3.8) is 0 Å². The molecule has 2 N–H and O–H groups in total. The van der Waals surface area contributed by atoms with Gasteiger partial charge in [-0.3, -0.25) is 4.79 Å². The molecule has 1 heterocycles. The monoisotopic (exact) mass is 343 g/mol. The Bertz CT molecular complexity index is 736. The third-order valence-electron chi connectivity index (χ3n) is 3.95. The quantitative estimate of drug-likeness (QED) is 0.892. The standard InChI is InChI=1S/C18H18ClN3O2/c19-15-8-4-5-9-16(15)21-18(24)20-11-13-10-17(23)22(12-13)14-6-2-1-3-7-14/h1-9,13H,10-12H2,(H2,20,21,24)/t13-/m1/s1. The van der Waals surface area contributed by atoms with Crippen LogP contribution >= 0.6 is 11.6 Å². The fraction of sp³-hybridized carbons (Fsp3) is 0.222. The number of carbonyl (C=O) groups excluding carboxylic acids is 2. The largest absolute Gasteiger partial charge is 0.338 e. The lowest BCUT2D eigenvalue weighted by atomic mass is 10.1. The van der Waals surface area contributed by atoms with Crippen LogP contribution in [0, 0.1) is 5.92 Å². The third-order valence-corrected chi connectivity index (χ3v) is 4.28. The van der Waals surface area contributed by atoms with Gasteiger partial charge in [0.15, 0.2) is 0 Å². The average molecular weight is 344 g/mol. The fourth-order valence-electron chi connectivity index (χ4n) is 2.74. The predicted octanol–water partition coefficient (Wildman–Crippen LogP) is 3.51. The first-order valence-electron chi connectivity index (χ1n) is 7.78. The van der Waals surface area contributed by atoms with Gasteiger partial charge in [0.1, 0.15) is 0 Å². The lowest BCUT2D eigenvalue weighted by Gasteiger charge is -2.17. The number of urea groups is 1. The topological polar surface area (TPSA) is 61.4 Å². The molecule has 1 saturated heterocycles. The molecule has 3 amide bonds. The number of carbonyl (C=O) groups is 2. The lowest BCUT2D eigenvalue weighted by molar-refractivity contribution is -0.117. The number of nitrogens with zero attached hydrogens (tertiary/aromatic N) is 1. The minimum atomic E-state index is -0.325. The molecule has 1 fully saturated rings. The summed E-state index contributed by atoms with van der Waals surface area (Å²) in [6.45, 7) is 1.04. The maximum absolute atomic E-state index is 12.1. The molecule has 5 nitrogen and oxygen atoms in total. The number of para-hydroxylation sites is 2. The Kier molecular flexibility index (Phi) is 5.01. The van der Waals surface area contributed by atoms with Crippen molar-refractivity contribution in [3.05, 3.63) is 59.6 Å². The third kappa shape index (κ3) is 3.86. The molecule has 1 aliphatic rings. The molecule has 0 aliphatic carbocycles. The van der Waals surface area contributed by atoms with E-state index in [9.17, 15) is 9.59 Å². The van der Waals surface area contributed by atoms with Crippen molar-refractivity contribution in [2.75, 3.05) is 23.3 Å². The number of rotatable bonds is 4. The predicted molar refractivity (Wildman–Crippen MR) is 95.4 cm³/mol. The first-order chi connectivity index (χ1) is 11.6. The Hall–Kier alpha value is -2.53. The van der Waals surface area contributed by atoms with E-state index in [0.29, 0.717) is 30.2 Å². The van der Waals surface area contributed by atoms with E-state index < -0.39 is 0 Å². The maximum Gasteiger partial charge on any atom is 0.319 e. The molecular formula is C18H18ClN3O2. The van der Waals surface area contributed by atoms with Crippen LogP contribution in [0.4, 0.5) is 16.2 Å². The van der Waals surface area contributed by atoms with Crippen molar-refractivity contribution in [2.24, 2.45) is 5.92 Å². The highest BCUT2D eigenvalue weighted by Crippen LogP contribution is 2.24. The van der Waals surface area contributed by atoms with Gasteiger partial charge in [-0.05, 0) is 24.3 Å². The minimum Gasteiger partial charge on any atom is -0.338 e. The molecule has 1 atom stereocenters. The van der Waals surface area contributed by atoms with Crippen LogP contribution in [0.2, 0.25) is 5.02 Å². The average Bonchev–Trinajstić information content (AvgIpc) is 2.97. The molecule has 0 spiro atoms. The number of halogens is 1. The molecular weight excluding hydrogens is 326 g/mol. The van der Waals surface area contributed by atoms with E-state index in [-0.39, 0.29) is 17.9 Å². The number of hydrogen-bond donors (Lipinski definition) is 2. The number of anilines is 2. The summed E-state index contributed by atoms with van der Waals surface area (Å²) in [4.78, 5) is 25.9. The van der Waals surface area contributed by atoms with Gasteiger partial charge in [-0.2, -0.15) is 0 Å². The highest BCUT2D eigenvalue weighted by Gasteiger charge is 2.30. The van der Waals surface area contributed by atoms with Crippen LogP contribution in [-0.2, 0) is 4.79 Å². The number of nitrogens with one attached hydrogen (secondary N) is 2. The van der Waals surface area contributed by atoms with E-state index >= 15 is 0 Å². The van der Waals surface area contributed by atoms with Crippen molar-refractivity contribution in [1.29, 1.82) is 0 Å². The van der Waals surface area contributed by atoms with E-state index in [1.54, 1.807) is 29.2 Å². The van der Waals surface area contributed by atoms with Crippen molar-refractivity contribution < 1.29 is 9.59 Å². The summed E-state index contributed by atoms with van der Waals surface area (Å²) in [5.41, 5.74) is 1.45. The van der Waals surface area contributed by atoms with E-state index in [4.69, 9.17) is 11.6 Å². The second kappa shape index (κ2) is 7.36. The van der Waals surface area contributed by atoms with E-state index in [2.05, 4.69) is 10.6 Å². The van der Waals surface area contributed by atoms with Gasteiger partial charge >= 0.3 is 6.03 Å². The zero-order valence-electron chi connectivity index (χ0n) is 13.0. The van der Waals surface area contributed by atoms with Crippen molar-refractivity contribution in [2.45, 2.75) is 6.42 Å². The number of amides is 3. The molecule has 0 saturated carbocycles. The minimum absolute atomic E-state index is 0.0829. The smallest absolute Gasteiger partial charge is 0.319 e. The zero-order chi connectivity index (χ0) is 16.9. The van der Waals surface area contributed by atoms with Gasteiger partial charge in [-0.15, -0.1) is 0 Å². The summed E-state index contributed by atoms with van der Waals surface area (Å²) in [5, 5.41) is 6.00. The molecule has 6 heteroatoms.